The van der Waals surface area contributed by atoms with Crippen LogP contribution in [0.4, 0.5) is 0 Å². The van der Waals surface area contributed by atoms with Gasteiger partial charge in [-0.1, -0.05) is 6.08 Å². The van der Waals surface area contributed by atoms with Crippen LogP contribution >= 0.6 is 0 Å². The Hall–Kier alpha value is -0.630. The molecule has 0 aromatic rings. The maximum atomic E-state index is 5.16. The van der Waals surface area contributed by atoms with E-state index in [1.165, 1.54) is 0 Å². The van der Waals surface area contributed by atoms with Crippen LogP contribution in [0.1, 0.15) is 27.7 Å². The lowest BCUT2D eigenvalue weighted by Crippen LogP contribution is -2.23. The van der Waals surface area contributed by atoms with Crippen LogP contribution in [-0.4, -0.2) is 18.9 Å². The fourth-order valence-electron chi connectivity index (χ4n) is 0.385. The maximum Gasteiger partial charge on any atom is 0.0972 e. The number of methoxy groups -OCH3 is 1. The largest absolute Gasteiger partial charge is 0.373 e. The monoisotopic (exact) mass is 155 g/mol. The first-order valence-corrected chi connectivity index (χ1v) is 3.75. The molecule has 0 aliphatic heterocycles. The highest BCUT2D eigenvalue weighted by Gasteiger charge is 2.11. The van der Waals surface area contributed by atoms with Gasteiger partial charge in [-0.3, -0.25) is 4.99 Å². The van der Waals surface area contributed by atoms with Gasteiger partial charge < -0.3 is 4.74 Å². The third-order valence-electron chi connectivity index (χ3n) is 1.52. The molecule has 0 atom stereocenters. The zero-order valence-corrected chi connectivity index (χ0v) is 8.01. The van der Waals surface area contributed by atoms with Gasteiger partial charge in [0.1, 0.15) is 0 Å². The van der Waals surface area contributed by atoms with Crippen LogP contribution in [0, 0.1) is 0 Å². The molecule has 64 valence electrons. The van der Waals surface area contributed by atoms with Crippen molar-refractivity contribution < 1.29 is 4.74 Å². The molecule has 0 fully saturated rings. The number of allylic oxidation sites excluding steroid dienone is 2. The van der Waals surface area contributed by atoms with Crippen molar-refractivity contribution >= 4 is 6.21 Å². The zero-order chi connectivity index (χ0) is 8.91. The molecule has 0 amide bonds. The summed E-state index contributed by atoms with van der Waals surface area (Å²) in [5.41, 5.74) is 0.750. The molecule has 0 rings (SSSR count). The standard InChI is InChI=1S/C9H17NO/c1-6-8(2)10-7-9(3,4)11-5/h6-7H,1-5H3/b8-6-,10-7?. The molecule has 0 saturated carbocycles. The Balaban J connectivity index is 4.12. The molecule has 0 aromatic heterocycles. The minimum Gasteiger partial charge on any atom is -0.373 e. The highest BCUT2D eigenvalue weighted by molar-refractivity contribution is 5.68. The lowest BCUT2D eigenvalue weighted by molar-refractivity contribution is 0.0871. The Bertz CT molecular complexity index is 168. The number of rotatable bonds is 3. The predicted octanol–water partition coefficient (Wildman–Crippen LogP) is 2.41. The third-order valence-corrected chi connectivity index (χ3v) is 1.52. The average Bonchev–Trinajstić information content (AvgIpc) is 2.00. The van der Waals surface area contributed by atoms with Crippen molar-refractivity contribution in [1.29, 1.82) is 0 Å². The molecule has 0 N–H and O–H groups in total. The summed E-state index contributed by atoms with van der Waals surface area (Å²) in [6.07, 6.45) is 3.77. The topological polar surface area (TPSA) is 21.6 Å². The van der Waals surface area contributed by atoms with Crippen LogP contribution in [0.25, 0.3) is 0 Å². The van der Waals surface area contributed by atoms with Gasteiger partial charge in [0.25, 0.3) is 0 Å². The smallest absolute Gasteiger partial charge is 0.0972 e. The SMILES string of the molecule is C/C=C(/C)N=CC(C)(C)OC. The second-order valence-electron chi connectivity index (χ2n) is 3.00. The summed E-state index contributed by atoms with van der Waals surface area (Å²) in [7, 11) is 1.68. The van der Waals surface area contributed by atoms with Gasteiger partial charge in [-0.15, -0.1) is 0 Å². The molecule has 0 aliphatic carbocycles. The van der Waals surface area contributed by atoms with Crippen molar-refractivity contribution in [3.63, 3.8) is 0 Å². The van der Waals surface area contributed by atoms with Crippen molar-refractivity contribution in [3.05, 3.63) is 11.8 Å². The van der Waals surface area contributed by atoms with E-state index in [4.69, 9.17) is 4.74 Å². The second-order valence-corrected chi connectivity index (χ2v) is 3.00. The first kappa shape index (κ1) is 10.4. The number of ether oxygens (including phenoxy) is 1. The summed E-state index contributed by atoms with van der Waals surface area (Å²) >= 11 is 0. The molecule has 0 aliphatic rings. The molecule has 11 heavy (non-hydrogen) atoms. The van der Waals surface area contributed by atoms with E-state index >= 15 is 0 Å². The molecule has 0 heterocycles. The van der Waals surface area contributed by atoms with E-state index in [0.717, 1.165) is 5.70 Å². The van der Waals surface area contributed by atoms with Gasteiger partial charge in [0.15, 0.2) is 0 Å². The van der Waals surface area contributed by atoms with Gasteiger partial charge >= 0.3 is 0 Å². The summed E-state index contributed by atoms with van der Waals surface area (Å²) in [5.74, 6) is 0. The van der Waals surface area contributed by atoms with E-state index in [1.807, 2.05) is 40.0 Å². The van der Waals surface area contributed by atoms with Crippen LogP contribution < -0.4 is 0 Å². The minimum absolute atomic E-state index is 0.260. The summed E-state index contributed by atoms with van der Waals surface area (Å²) in [4.78, 5) is 4.20. The molecular weight excluding hydrogens is 138 g/mol. The van der Waals surface area contributed by atoms with E-state index in [1.54, 1.807) is 7.11 Å². The van der Waals surface area contributed by atoms with Gasteiger partial charge in [0, 0.05) is 19.0 Å². The Morgan fingerprint density at radius 1 is 1.45 bits per heavy atom. The average molecular weight is 155 g/mol. The van der Waals surface area contributed by atoms with Gasteiger partial charge in [0.05, 0.1) is 5.60 Å². The van der Waals surface area contributed by atoms with E-state index in [2.05, 4.69) is 4.99 Å². The summed E-state index contributed by atoms with van der Waals surface area (Å²) in [6, 6.07) is 0. The Morgan fingerprint density at radius 2 is 2.00 bits per heavy atom. The summed E-state index contributed by atoms with van der Waals surface area (Å²) in [5, 5.41) is 0. The highest BCUT2D eigenvalue weighted by Crippen LogP contribution is 2.04. The fraction of sp³-hybridized carbons (Fsp3) is 0.667. The van der Waals surface area contributed by atoms with Gasteiger partial charge in [-0.25, -0.2) is 0 Å². The lowest BCUT2D eigenvalue weighted by Gasteiger charge is -2.16. The molecule has 0 saturated heterocycles. The number of hydrogen-bond acceptors (Lipinski definition) is 2. The molecule has 0 aromatic carbocycles. The first-order valence-electron chi connectivity index (χ1n) is 3.75. The van der Waals surface area contributed by atoms with Crippen LogP contribution in [-0.2, 0) is 4.74 Å². The molecule has 0 radical (unpaired) electrons. The Morgan fingerprint density at radius 3 is 2.36 bits per heavy atom. The van der Waals surface area contributed by atoms with Gasteiger partial charge in [-0.05, 0) is 27.7 Å². The predicted molar refractivity (Wildman–Crippen MR) is 49.0 cm³/mol. The summed E-state index contributed by atoms with van der Waals surface area (Å²) < 4.78 is 5.16. The Kier molecular flexibility index (Phi) is 4.04. The van der Waals surface area contributed by atoms with Crippen LogP contribution in [0.3, 0.4) is 0 Å². The number of nitrogens with zero attached hydrogens (tertiary/aromatic N) is 1. The third kappa shape index (κ3) is 4.73. The highest BCUT2D eigenvalue weighted by atomic mass is 16.5. The van der Waals surface area contributed by atoms with Crippen LogP contribution in [0.15, 0.2) is 16.8 Å². The quantitative estimate of drug-likeness (QED) is 0.573. The van der Waals surface area contributed by atoms with Crippen molar-refractivity contribution in [2.45, 2.75) is 33.3 Å². The number of hydrogen-bond donors (Lipinski definition) is 0. The zero-order valence-electron chi connectivity index (χ0n) is 8.01. The molecule has 2 nitrogen and oxygen atoms in total. The van der Waals surface area contributed by atoms with Gasteiger partial charge in [0.2, 0.25) is 0 Å². The lowest BCUT2D eigenvalue weighted by atomic mass is 10.2. The fourth-order valence-corrected chi connectivity index (χ4v) is 0.385. The van der Waals surface area contributed by atoms with Gasteiger partial charge in [-0.2, -0.15) is 0 Å². The second kappa shape index (κ2) is 4.29. The van der Waals surface area contributed by atoms with Crippen molar-refractivity contribution in [2.75, 3.05) is 7.11 Å². The van der Waals surface area contributed by atoms with E-state index in [9.17, 15) is 0 Å². The normalized spacial score (nSPS) is 14.5. The first-order chi connectivity index (χ1) is 5.02. The van der Waals surface area contributed by atoms with E-state index in [0.29, 0.717) is 0 Å². The molecule has 0 bridgehead atoms. The van der Waals surface area contributed by atoms with E-state index < -0.39 is 0 Å². The molecule has 0 spiro atoms. The van der Waals surface area contributed by atoms with Crippen LogP contribution in [0.2, 0.25) is 0 Å². The molecule has 0 unspecified atom stereocenters. The Labute approximate surface area is 69.0 Å². The van der Waals surface area contributed by atoms with Crippen molar-refractivity contribution in [1.82, 2.24) is 0 Å². The van der Waals surface area contributed by atoms with E-state index in [-0.39, 0.29) is 5.60 Å². The van der Waals surface area contributed by atoms with Crippen molar-refractivity contribution in [3.8, 4) is 0 Å². The van der Waals surface area contributed by atoms with Crippen molar-refractivity contribution in [2.24, 2.45) is 4.99 Å². The minimum atomic E-state index is -0.260. The maximum absolute atomic E-state index is 5.16. The number of aliphatic imine (C=N–C) groups is 1. The molecular formula is C9H17NO. The summed E-state index contributed by atoms with van der Waals surface area (Å²) in [6.45, 7) is 7.87. The molecule has 2 heteroatoms. The van der Waals surface area contributed by atoms with Crippen LogP contribution in [0.5, 0.6) is 0 Å².